The van der Waals surface area contributed by atoms with Crippen molar-refractivity contribution >= 4 is 22.3 Å². The van der Waals surface area contributed by atoms with E-state index in [0.717, 1.165) is 0 Å². The number of nitrogens with zero attached hydrogens (tertiary/aromatic N) is 2. The minimum Gasteiger partial charge on any atom is -0.482 e. The van der Waals surface area contributed by atoms with Gasteiger partial charge in [0.25, 0.3) is 0 Å². The van der Waals surface area contributed by atoms with Gasteiger partial charge in [-0.05, 0) is 50.1 Å². The van der Waals surface area contributed by atoms with E-state index < -0.39 is 21.9 Å². The molecule has 2 aromatic carbocycles. The Labute approximate surface area is 175 Å². The maximum absolute atomic E-state index is 13.2. The van der Waals surface area contributed by atoms with Crippen LogP contribution in [0.3, 0.4) is 0 Å². The van der Waals surface area contributed by atoms with Crippen molar-refractivity contribution in [1.29, 1.82) is 0 Å². The molecule has 6 nitrogen and oxygen atoms in total. The van der Waals surface area contributed by atoms with Crippen molar-refractivity contribution < 1.29 is 13.2 Å². The Hall–Kier alpha value is -2.64. The Bertz CT molecular complexity index is 1150. The fraction of sp³-hybridized carbons (Fsp3) is 0.238. The molecule has 29 heavy (non-hydrogen) atoms. The Morgan fingerprint density at radius 2 is 1.79 bits per heavy atom. The minimum atomic E-state index is -2.50. The number of halogens is 1. The molecule has 0 saturated carbocycles. The van der Waals surface area contributed by atoms with E-state index in [2.05, 4.69) is 5.10 Å². The lowest BCUT2D eigenvalue weighted by molar-refractivity contribution is 0.128. The first-order valence-corrected chi connectivity index (χ1v) is 10.7. The van der Waals surface area contributed by atoms with Gasteiger partial charge in [-0.25, -0.2) is 8.42 Å². The standard InChI is InChI=1S/C21H21ClN2O4S/c1-21(2,3)28-19-18(15-9-7-14(8-10-15)13-29(26)27)12-23-24(20(19)25)17-6-4-5-16(22)11-17/h4-12,29H,13H2,1-3H3. The summed E-state index contributed by atoms with van der Waals surface area (Å²) in [6.07, 6.45) is 1.56. The molecule has 0 aliphatic carbocycles. The highest BCUT2D eigenvalue weighted by atomic mass is 35.5. The van der Waals surface area contributed by atoms with E-state index in [9.17, 15) is 13.2 Å². The summed E-state index contributed by atoms with van der Waals surface area (Å²) >= 11 is 6.05. The molecule has 1 aromatic heterocycles. The zero-order valence-corrected chi connectivity index (χ0v) is 17.9. The van der Waals surface area contributed by atoms with Gasteiger partial charge in [-0.2, -0.15) is 9.78 Å². The molecule has 0 amide bonds. The zero-order chi connectivity index (χ0) is 21.2. The van der Waals surface area contributed by atoms with Crippen LogP contribution in [0.4, 0.5) is 0 Å². The van der Waals surface area contributed by atoms with Crippen molar-refractivity contribution in [2.45, 2.75) is 32.1 Å². The lowest BCUT2D eigenvalue weighted by Gasteiger charge is -2.23. The number of thiol groups is 1. The lowest BCUT2D eigenvalue weighted by atomic mass is 10.1. The molecule has 3 aromatic rings. The molecule has 0 bridgehead atoms. The molecule has 0 spiro atoms. The van der Waals surface area contributed by atoms with Gasteiger partial charge in [0, 0.05) is 10.6 Å². The van der Waals surface area contributed by atoms with Crippen LogP contribution in [-0.2, 0) is 16.5 Å². The van der Waals surface area contributed by atoms with Gasteiger partial charge in [0.15, 0.2) is 5.75 Å². The topological polar surface area (TPSA) is 78.3 Å². The Kier molecular flexibility index (Phi) is 6.10. The van der Waals surface area contributed by atoms with E-state index in [0.29, 0.717) is 27.4 Å². The van der Waals surface area contributed by atoms with Crippen molar-refractivity contribution in [3.05, 3.63) is 75.7 Å². The van der Waals surface area contributed by atoms with Crippen LogP contribution in [0.15, 0.2) is 59.5 Å². The van der Waals surface area contributed by atoms with E-state index >= 15 is 0 Å². The molecule has 0 aliphatic heterocycles. The molecule has 3 rings (SSSR count). The lowest BCUT2D eigenvalue weighted by Crippen LogP contribution is -2.30. The summed E-state index contributed by atoms with van der Waals surface area (Å²) in [6, 6.07) is 13.8. The fourth-order valence-electron chi connectivity index (χ4n) is 2.78. The second-order valence-electron chi connectivity index (χ2n) is 7.49. The molecule has 0 N–H and O–H groups in total. The molecule has 152 valence electrons. The Balaban J connectivity index is 2.14. The summed E-state index contributed by atoms with van der Waals surface area (Å²) in [5.74, 6) is 0.130. The number of hydrogen-bond donors (Lipinski definition) is 1. The molecule has 0 fully saturated rings. The molecule has 0 radical (unpaired) electrons. The van der Waals surface area contributed by atoms with Crippen LogP contribution >= 0.6 is 11.6 Å². The van der Waals surface area contributed by atoms with Crippen molar-refractivity contribution in [3.8, 4) is 22.6 Å². The van der Waals surface area contributed by atoms with Gasteiger partial charge in [0.2, 0.25) is 0 Å². The molecule has 0 atom stereocenters. The monoisotopic (exact) mass is 432 g/mol. The predicted molar refractivity (Wildman–Crippen MR) is 115 cm³/mol. The highest BCUT2D eigenvalue weighted by Gasteiger charge is 2.21. The fourth-order valence-corrected chi connectivity index (χ4v) is 3.47. The van der Waals surface area contributed by atoms with Gasteiger partial charge in [-0.15, -0.1) is 0 Å². The van der Waals surface area contributed by atoms with Crippen LogP contribution in [0.5, 0.6) is 5.75 Å². The van der Waals surface area contributed by atoms with Gasteiger partial charge in [0.05, 0.1) is 17.6 Å². The minimum absolute atomic E-state index is 0.0322. The van der Waals surface area contributed by atoms with Crippen LogP contribution in [-0.4, -0.2) is 23.8 Å². The maximum atomic E-state index is 13.2. The van der Waals surface area contributed by atoms with Crippen LogP contribution < -0.4 is 10.3 Å². The van der Waals surface area contributed by atoms with Gasteiger partial charge >= 0.3 is 5.56 Å². The van der Waals surface area contributed by atoms with E-state index in [4.69, 9.17) is 16.3 Å². The van der Waals surface area contributed by atoms with Crippen LogP contribution in [0.25, 0.3) is 16.8 Å². The normalized spacial score (nSPS) is 11.6. The second kappa shape index (κ2) is 8.39. The summed E-state index contributed by atoms with van der Waals surface area (Å²) in [7, 11) is -2.50. The smallest absolute Gasteiger partial charge is 0.314 e. The molecular formula is C21H21ClN2O4S. The van der Waals surface area contributed by atoms with E-state index in [-0.39, 0.29) is 11.5 Å². The van der Waals surface area contributed by atoms with Crippen molar-refractivity contribution in [2.75, 3.05) is 0 Å². The quantitative estimate of drug-likeness (QED) is 0.620. The molecule has 1 heterocycles. The average molecular weight is 433 g/mol. The van der Waals surface area contributed by atoms with Crippen LogP contribution in [0.1, 0.15) is 26.3 Å². The average Bonchev–Trinajstić information content (AvgIpc) is 2.62. The van der Waals surface area contributed by atoms with Gasteiger partial charge in [-0.1, -0.05) is 41.9 Å². The summed E-state index contributed by atoms with van der Waals surface area (Å²) in [6.45, 7) is 5.57. The summed E-state index contributed by atoms with van der Waals surface area (Å²) in [4.78, 5) is 13.2. The SMILES string of the molecule is CC(C)(C)Oc1c(-c2ccc(C[SH](=O)=O)cc2)cnn(-c2cccc(Cl)c2)c1=O. The number of aromatic nitrogens is 2. The third-order valence-electron chi connectivity index (χ3n) is 3.97. The van der Waals surface area contributed by atoms with Crippen molar-refractivity contribution in [1.82, 2.24) is 9.78 Å². The summed E-state index contributed by atoms with van der Waals surface area (Å²) in [5.41, 5.74) is 1.41. The zero-order valence-electron chi connectivity index (χ0n) is 16.3. The predicted octanol–water partition coefficient (Wildman–Crippen LogP) is 3.84. The first-order valence-electron chi connectivity index (χ1n) is 8.92. The number of benzene rings is 2. The highest BCUT2D eigenvalue weighted by Crippen LogP contribution is 2.29. The first-order chi connectivity index (χ1) is 13.6. The molecule has 0 unspecified atom stereocenters. The third kappa shape index (κ3) is 5.25. The molecule has 0 aliphatic rings. The summed E-state index contributed by atoms with van der Waals surface area (Å²) < 4.78 is 29.1. The van der Waals surface area contributed by atoms with Crippen molar-refractivity contribution in [2.24, 2.45) is 0 Å². The summed E-state index contributed by atoms with van der Waals surface area (Å²) in [5, 5.41) is 4.79. The highest BCUT2D eigenvalue weighted by molar-refractivity contribution is 7.71. The second-order valence-corrected chi connectivity index (χ2v) is 8.90. The number of rotatable bonds is 5. The molecule has 8 heteroatoms. The largest absolute Gasteiger partial charge is 0.482 e. The Morgan fingerprint density at radius 1 is 1.10 bits per heavy atom. The Morgan fingerprint density at radius 3 is 2.38 bits per heavy atom. The van der Waals surface area contributed by atoms with Gasteiger partial charge < -0.3 is 4.74 Å². The molecular weight excluding hydrogens is 412 g/mol. The van der Waals surface area contributed by atoms with E-state index in [1.54, 1.807) is 54.7 Å². The van der Waals surface area contributed by atoms with Crippen molar-refractivity contribution in [3.63, 3.8) is 0 Å². The van der Waals surface area contributed by atoms with E-state index in [1.165, 1.54) is 4.68 Å². The van der Waals surface area contributed by atoms with Gasteiger partial charge in [-0.3, -0.25) is 4.79 Å². The number of hydrogen-bond acceptors (Lipinski definition) is 5. The van der Waals surface area contributed by atoms with Crippen LogP contribution in [0.2, 0.25) is 5.02 Å². The van der Waals surface area contributed by atoms with E-state index in [1.807, 2.05) is 20.8 Å². The maximum Gasteiger partial charge on any atom is 0.314 e. The van der Waals surface area contributed by atoms with Crippen LogP contribution in [0, 0.1) is 0 Å². The number of ether oxygens (including phenoxy) is 1. The van der Waals surface area contributed by atoms with Gasteiger partial charge in [0.1, 0.15) is 16.3 Å². The third-order valence-corrected chi connectivity index (χ3v) is 4.83. The molecule has 0 saturated heterocycles. The first kappa shape index (κ1) is 21.1.